The van der Waals surface area contributed by atoms with Crippen molar-refractivity contribution < 1.29 is 9.13 Å². The van der Waals surface area contributed by atoms with E-state index in [0.29, 0.717) is 13.2 Å². The molecule has 1 aromatic carbocycles. The maximum absolute atomic E-state index is 12.9. The summed E-state index contributed by atoms with van der Waals surface area (Å²) in [6, 6.07) is 6.54. The molecule has 4 nitrogen and oxygen atoms in total. The summed E-state index contributed by atoms with van der Waals surface area (Å²) >= 11 is 0. The largest absolute Gasteiger partial charge is 0.385 e. The number of rotatable bonds is 7. The van der Waals surface area contributed by atoms with Crippen LogP contribution in [0.2, 0.25) is 0 Å². The summed E-state index contributed by atoms with van der Waals surface area (Å²) in [6.45, 7) is 4.98. The van der Waals surface area contributed by atoms with Gasteiger partial charge >= 0.3 is 0 Å². The van der Waals surface area contributed by atoms with E-state index in [0.717, 1.165) is 31.0 Å². The molecule has 6 heteroatoms. The van der Waals surface area contributed by atoms with Crippen LogP contribution >= 0.6 is 24.0 Å². The van der Waals surface area contributed by atoms with Crippen LogP contribution < -0.4 is 5.32 Å². The smallest absolute Gasteiger partial charge is 0.193 e. The number of nitrogens with one attached hydrogen (secondary N) is 1. The minimum Gasteiger partial charge on any atom is -0.385 e. The molecule has 0 fully saturated rings. The molecule has 0 amide bonds. The second-order valence-corrected chi connectivity index (χ2v) is 4.56. The predicted molar refractivity (Wildman–Crippen MR) is 95.8 cm³/mol. The molecule has 1 N–H and O–H groups in total. The van der Waals surface area contributed by atoms with E-state index in [4.69, 9.17) is 4.74 Å². The van der Waals surface area contributed by atoms with Crippen LogP contribution in [0.3, 0.4) is 0 Å². The normalized spacial score (nSPS) is 11.0. The second-order valence-electron chi connectivity index (χ2n) is 4.56. The summed E-state index contributed by atoms with van der Waals surface area (Å²) in [5, 5.41) is 3.25. The van der Waals surface area contributed by atoms with Gasteiger partial charge in [0, 0.05) is 40.4 Å². The zero-order chi connectivity index (χ0) is 14.8. The van der Waals surface area contributed by atoms with Crippen molar-refractivity contribution in [1.82, 2.24) is 10.2 Å². The van der Waals surface area contributed by atoms with Gasteiger partial charge in [-0.3, -0.25) is 4.99 Å². The van der Waals surface area contributed by atoms with Crippen molar-refractivity contribution in [2.75, 3.05) is 33.9 Å². The van der Waals surface area contributed by atoms with Crippen LogP contribution in [0, 0.1) is 5.82 Å². The van der Waals surface area contributed by atoms with Crippen molar-refractivity contribution in [2.45, 2.75) is 19.9 Å². The first-order valence-corrected chi connectivity index (χ1v) is 6.90. The van der Waals surface area contributed by atoms with Gasteiger partial charge in [-0.2, -0.15) is 0 Å². The fraction of sp³-hybridized carbons (Fsp3) is 0.533. The Kier molecular flexibility index (Phi) is 11.2. The summed E-state index contributed by atoms with van der Waals surface area (Å²) in [6.07, 6.45) is 0.899. The number of ether oxygens (including phenoxy) is 1. The van der Waals surface area contributed by atoms with Gasteiger partial charge in [0.15, 0.2) is 5.96 Å². The molecule has 0 spiro atoms. The molecule has 0 saturated heterocycles. The lowest BCUT2D eigenvalue weighted by Gasteiger charge is -2.22. The van der Waals surface area contributed by atoms with Crippen LogP contribution in [0.4, 0.5) is 4.39 Å². The Hall–Kier alpha value is -0.890. The number of benzene rings is 1. The highest BCUT2D eigenvalue weighted by Gasteiger charge is 2.06. The monoisotopic (exact) mass is 409 g/mol. The lowest BCUT2D eigenvalue weighted by molar-refractivity contribution is 0.197. The van der Waals surface area contributed by atoms with Crippen LogP contribution in [-0.4, -0.2) is 44.7 Å². The Morgan fingerprint density at radius 1 is 1.33 bits per heavy atom. The number of aliphatic imine (C=N–C) groups is 1. The van der Waals surface area contributed by atoms with Crippen molar-refractivity contribution in [3.05, 3.63) is 35.6 Å². The lowest BCUT2D eigenvalue weighted by Crippen LogP contribution is -2.38. The third-order valence-corrected chi connectivity index (χ3v) is 2.80. The molecular formula is C15H25FIN3O. The van der Waals surface area contributed by atoms with Gasteiger partial charge in [-0.25, -0.2) is 4.39 Å². The zero-order valence-electron chi connectivity index (χ0n) is 12.9. The summed E-state index contributed by atoms with van der Waals surface area (Å²) in [5.74, 6) is 0.643. The first-order chi connectivity index (χ1) is 9.67. The summed E-state index contributed by atoms with van der Waals surface area (Å²) < 4.78 is 17.9. The Bertz CT molecular complexity index is 412. The third kappa shape index (κ3) is 8.21. The molecule has 0 aliphatic rings. The first-order valence-electron chi connectivity index (χ1n) is 6.90. The maximum Gasteiger partial charge on any atom is 0.193 e. The molecule has 0 unspecified atom stereocenters. The average molecular weight is 409 g/mol. The van der Waals surface area contributed by atoms with Crippen molar-refractivity contribution >= 4 is 29.9 Å². The van der Waals surface area contributed by atoms with Crippen LogP contribution in [0.5, 0.6) is 0 Å². The highest BCUT2D eigenvalue weighted by Crippen LogP contribution is 2.05. The topological polar surface area (TPSA) is 36.9 Å². The predicted octanol–water partition coefficient (Wildman–Crippen LogP) is 2.88. The molecule has 120 valence electrons. The van der Waals surface area contributed by atoms with Crippen molar-refractivity contribution in [1.29, 1.82) is 0 Å². The van der Waals surface area contributed by atoms with Gasteiger partial charge in [-0.1, -0.05) is 12.1 Å². The first kappa shape index (κ1) is 20.1. The fourth-order valence-electron chi connectivity index (χ4n) is 1.80. The van der Waals surface area contributed by atoms with E-state index in [9.17, 15) is 4.39 Å². The highest BCUT2D eigenvalue weighted by atomic mass is 127. The molecule has 0 atom stereocenters. The van der Waals surface area contributed by atoms with Crippen molar-refractivity contribution in [3.8, 4) is 0 Å². The van der Waals surface area contributed by atoms with Gasteiger partial charge in [-0.15, -0.1) is 24.0 Å². The second kappa shape index (κ2) is 11.7. The summed E-state index contributed by atoms with van der Waals surface area (Å²) in [5.41, 5.74) is 1.05. The van der Waals surface area contributed by atoms with E-state index in [-0.39, 0.29) is 29.8 Å². The molecule has 0 aliphatic heterocycles. The van der Waals surface area contributed by atoms with Gasteiger partial charge in [0.05, 0.1) is 0 Å². The van der Waals surface area contributed by atoms with Gasteiger partial charge in [0.25, 0.3) is 0 Å². The van der Waals surface area contributed by atoms with E-state index in [1.807, 2.05) is 18.9 Å². The lowest BCUT2D eigenvalue weighted by atomic mass is 10.2. The van der Waals surface area contributed by atoms with Crippen LogP contribution in [-0.2, 0) is 11.3 Å². The van der Waals surface area contributed by atoms with Crippen LogP contribution in [0.1, 0.15) is 18.9 Å². The van der Waals surface area contributed by atoms with E-state index < -0.39 is 0 Å². The van der Waals surface area contributed by atoms with Crippen LogP contribution in [0.15, 0.2) is 29.3 Å². The SMILES string of the molecule is CCNC(=NCCCOC)N(C)Cc1ccc(F)cc1.I. The molecule has 1 aromatic rings. The van der Waals surface area contributed by atoms with Gasteiger partial charge in [-0.05, 0) is 31.0 Å². The van der Waals surface area contributed by atoms with Crippen molar-refractivity contribution in [2.24, 2.45) is 4.99 Å². The zero-order valence-corrected chi connectivity index (χ0v) is 15.3. The average Bonchev–Trinajstić information content (AvgIpc) is 2.44. The minimum absolute atomic E-state index is 0. The number of halogens is 2. The Labute approximate surface area is 143 Å². The van der Waals surface area contributed by atoms with E-state index in [1.165, 1.54) is 12.1 Å². The van der Waals surface area contributed by atoms with Crippen molar-refractivity contribution in [3.63, 3.8) is 0 Å². The van der Waals surface area contributed by atoms with E-state index in [2.05, 4.69) is 10.3 Å². The highest BCUT2D eigenvalue weighted by molar-refractivity contribution is 14.0. The van der Waals surface area contributed by atoms with Gasteiger partial charge in [0.1, 0.15) is 5.82 Å². The Balaban J connectivity index is 0.00000400. The summed E-state index contributed by atoms with van der Waals surface area (Å²) in [7, 11) is 3.66. The molecule has 0 bridgehead atoms. The Morgan fingerprint density at radius 3 is 2.57 bits per heavy atom. The minimum atomic E-state index is -0.212. The fourth-order valence-corrected chi connectivity index (χ4v) is 1.80. The molecular weight excluding hydrogens is 384 g/mol. The van der Waals surface area contributed by atoms with Gasteiger partial charge < -0.3 is 15.0 Å². The number of hydrogen-bond donors (Lipinski definition) is 1. The van der Waals surface area contributed by atoms with E-state index >= 15 is 0 Å². The number of hydrogen-bond acceptors (Lipinski definition) is 2. The van der Waals surface area contributed by atoms with Gasteiger partial charge in [0.2, 0.25) is 0 Å². The van der Waals surface area contributed by atoms with E-state index in [1.54, 1.807) is 19.2 Å². The molecule has 0 radical (unpaired) electrons. The number of methoxy groups -OCH3 is 1. The molecule has 1 rings (SSSR count). The summed E-state index contributed by atoms with van der Waals surface area (Å²) in [4.78, 5) is 6.57. The molecule has 0 aromatic heterocycles. The molecule has 0 aliphatic carbocycles. The maximum atomic E-state index is 12.9. The standard InChI is InChI=1S/C15H24FN3O.HI/c1-4-17-15(18-10-5-11-20-3)19(2)12-13-6-8-14(16)9-7-13;/h6-9H,4-5,10-12H2,1-3H3,(H,17,18);1H. The number of guanidine groups is 1. The Morgan fingerprint density at radius 2 is 2.00 bits per heavy atom. The third-order valence-electron chi connectivity index (χ3n) is 2.80. The molecule has 0 saturated carbocycles. The number of nitrogens with zero attached hydrogens (tertiary/aromatic N) is 2. The molecule has 0 heterocycles. The van der Waals surface area contributed by atoms with Crippen LogP contribution in [0.25, 0.3) is 0 Å². The molecule has 21 heavy (non-hydrogen) atoms. The quantitative estimate of drug-likeness (QED) is 0.326.